The molecule has 3 aromatic rings. The zero-order chi connectivity index (χ0) is 21.9. The van der Waals surface area contributed by atoms with Crippen LogP contribution < -0.4 is 18.9 Å². The van der Waals surface area contributed by atoms with Crippen LogP contribution in [0.2, 0.25) is 0 Å². The molecule has 0 aliphatic carbocycles. The first kappa shape index (κ1) is 22.2. The average molecular weight is 421 g/mol. The topological polar surface area (TPSA) is 46.2 Å². The van der Waals surface area contributed by atoms with Crippen molar-refractivity contribution in [3.05, 3.63) is 97.1 Å². The van der Waals surface area contributed by atoms with Gasteiger partial charge in [-0.1, -0.05) is 36.9 Å². The summed E-state index contributed by atoms with van der Waals surface area (Å²) in [6, 6.07) is 24.8. The molecule has 5 heteroatoms. The van der Waals surface area contributed by atoms with Crippen LogP contribution in [-0.2, 0) is 11.3 Å². The van der Waals surface area contributed by atoms with E-state index in [0.717, 1.165) is 17.1 Å². The van der Waals surface area contributed by atoms with Crippen molar-refractivity contribution >= 4 is 0 Å². The van der Waals surface area contributed by atoms with E-state index in [-0.39, 0.29) is 0 Å². The Balaban J connectivity index is 1.71. The number of hydrogen-bond acceptors (Lipinski definition) is 5. The molecule has 0 unspecified atom stereocenters. The summed E-state index contributed by atoms with van der Waals surface area (Å²) in [5, 5.41) is 0. The third-order valence-corrected chi connectivity index (χ3v) is 4.67. The molecule has 162 valence electrons. The quantitative estimate of drug-likeness (QED) is 0.372. The van der Waals surface area contributed by atoms with Crippen molar-refractivity contribution in [3.63, 3.8) is 0 Å². The van der Waals surface area contributed by atoms with E-state index >= 15 is 0 Å². The molecular weight excluding hydrogens is 392 g/mol. The predicted octanol–water partition coefficient (Wildman–Crippen LogP) is 5.30. The van der Waals surface area contributed by atoms with Crippen LogP contribution in [0.1, 0.15) is 5.56 Å². The molecule has 0 saturated heterocycles. The van der Waals surface area contributed by atoms with Crippen LogP contribution in [-0.4, -0.2) is 33.0 Å². The van der Waals surface area contributed by atoms with Gasteiger partial charge in [-0.2, -0.15) is 0 Å². The maximum Gasteiger partial charge on any atom is 0.162 e. The lowest BCUT2D eigenvalue weighted by Gasteiger charge is -2.26. The van der Waals surface area contributed by atoms with Gasteiger partial charge in [-0.25, -0.2) is 0 Å². The van der Waals surface area contributed by atoms with Gasteiger partial charge in [-0.05, 0) is 60.2 Å². The Kier molecular flexibility index (Phi) is 8.38. The Morgan fingerprint density at radius 2 is 1.23 bits per heavy atom. The highest BCUT2D eigenvalue weighted by molar-refractivity contribution is 5.33. The minimum Gasteiger partial charge on any atom is -0.497 e. The second kappa shape index (κ2) is 11.7. The summed E-state index contributed by atoms with van der Waals surface area (Å²) in [5.41, 5.74) is 1.09. The second-order valence-corrected chi connectivity index (χ2v) is 6.83. The molecule has 3 rings (SSSR count). The highest BCUT2D eigenvalue weighted by atomic mass is 16.6. The van der Waals surface area contributed by atoms with Crippen LogP contribution in [0.15, 0.2) is 91.5 Å². The highest BCUT2D eigenvalue weighted by Gasteiger charge is 2.23. The van der Waals surface area contributed by atoms with Crippen LogP contribution in [0.5, 0.6) is 23.0 Å². The van der Waals surface area contributed by atoms with Gasteiger partial charge >= 0.3 is 0 Å². The summed E-state index contributed by atoms with van der Waals surface area (Å²) < 4.78 is 28.8. The van der Waals surface area contributed by atoms with Gasteiger partial charge < -0.3 is 23.7 Å². The van der Waals surface area contributed by atoms with Crippen LogP contribution in [0.3, 0.4) is 0 Å². The third-order valence-electron chi connectivity index (χ3n) is 4.67. The molecule has 0 N–H and O–H groups in total. The smallest absolute Gasteiger partial charge is 0.162 e. The Hall–Kier alpha value is -3.44. The maximum atomic E-state index is 6.22. The fourth-order valence-corrected chi connectivity index (χ4v) is 2.98. The molecule has 0 heterocycles. The van der Waals surface area contributed by atoms with Crippen molar-refractivity contribution in [2.75, 3.05) is 20.8 Å². The highest BCUT2D eigenvalue weighted by Crippen LogP contribution is 2.23. The molecule has 5 nitrogen and oxygen atoms in total. The first-order chi connectivity index (χ1) is 15.2. The van der Waals surface area contributed by atoms with Crippen molar-refractivity contribution in [1.82, 2.24) is 0 Å². The molecule has 0 saturated carbocycles. The molecule has 0 amide bonds. The van der Waals surface area contributed by atoms with Crippen LogP contribution in [0.25, 0.3) is 0 Å². The average Bonchev–Trinajstić information content (AvgIpc) is 2.83. The molecule has 2 atom stereocenters. The molecule has 0 aliphatic rings. The molecule has 0 fully saturated rings. The number of methoxy groups -OCH3 is 2. The largest absolute Gasteiger partial charge is 0.497 e. The van der Waals surface area contributed by atoms with Gasteiger partial charge in [-0.3, -0.25) is 0 Å². The molecule has 0 bridgehead atoms. The summed E-state index contributed by atoms with van der Waals surface area (Å²) >= 11 is 0. The fourth-order valence-electron chi connectivity index (χ4n) is 2.98. The Bertz CT molecular complexity index is 907. The monoisotopic (exact) mass is 420 g/mol. The second-order valence-electron chi connectivity index (χ2n) is 6.83. The Labute approximate surface area is 183 Å². The molecule has 3 aromatic carbocycles. The Morgan fingerprint density at radius 3 is 1.74 bits per heavy atom. The first-order valence-corrected chi connectivity index (χ1v) is 10.1. The van der Waals surface area contributed by atoms with E-state index in [1.54, 1.807) is 20.3 Å². The molecule has 31 heavy (non-hydrogen) atoms. The summed E-state index contributed by atoms with van der Waals surface area (Å²) in [7, 11) is 3.26. The predicted molar refractivity (Wildman–Crippen MR) is 121 cm³/mol. The van der Waals surface area contributed by atoms with Crippen molar-refractivity contribution in [2.24, 2.45) is 0 Å². The van der Waals surface area contributed by atoms with Gasteiger partial charge in [0.15, 0.2) is 12.2 Å². The summed E-state index contributed by atoms with van der Waals surface area (Å²) in [6.07, 6.45) is 0.896. The zero-order valence-electron chi connectivity index (χ0n) is 17.9. The number of ether oxygens (including phenoxy) is 5. The zero-order valence-corrected chi connectivity index (χ0v) is 17.9. The normalized spacial score (nSPS) is 12.5. The lowest BCUT2D eigenvalue weighted by atomic mass is 10.2. The SMILES string of the molecule is C=C[C@H](Oc1ccc(OC)cc1)[C@@H](COCc1ccccc1)Oc1ccc(OC)cc1. The van der Waals surface area contributed by atoms with Gasteiger partial charge in [0.2, 0.25) is 0 Å². The summed E-state index contributed by atoms with van der Waals surface area (Å²) in [6.45, 7) is 4.75. The van der Waals surface area contributed by atoms with Crippen LogP contribution in [0, 0.1) is 0 Å². The minimum atomic E-state index is -0.425. The van der Waals surface area contributed by atoms with Gasteiger partial charge in [0.1, 0.15) is 23.0 Å². The van der Waals surface area contributed by atoms with Gasteiger partial charge in [0, 0.05) is 0 Å². The fraction of sp³-hybridized carbons (Fsp3) is 0.231. The van der Waals surface area contributed by atoms with E-state index in [1.165, 1.54) is 0 Å². The van der Waals surface area contributed by atoms with Crippen LogP contribution in [0.4, 0.5) is 0 Å². The molecule has 0 radical (unpaired) electrons. The first-order valence-electron chi connectivity index (χ1n) is 10.1. The number of hydrogen-bond donors (Lipinski definition) is 0. The van der Waals surface area contributed by atoms with E-state index in [4.69, 9.17) is 23.7 Å². The molecule has 0 aromatic heterocycles. The van der Waals surface area contributed by atoms with Gasteiger partial charge in [-0.15, -0.1) is 0 Å². The summed E-state index contributed by atoms with van der Waals surface area (Å²) in [5.74, 6) is 2.91. The number of rotatable bonds is 12. The Morgan fingerprint density at radius 1 is 0.710 bits per heavy atom. The van der Waals surface area contributed by atoms with E-state index < -0.39 is 12.2 Å². The third kappa shape index (κ3) is 6.79. The molecular formula is C26H28O5. The lowest BCUT2D eigenvalue weighted by Crippen LogP contribution is -2.38. The van der Waals surface area contributed by atoms with Gasteiger partial charge in [0.05, 0.1) is 27.4 Å². The van der Waals surface area contributed by atoms with Crippen molar-refractivity contribution < 1.29 is 23.7 Å². The molecule has 0 spiro atoms. The van der Waals surface area contributed by atoms with Crippen molar-refractivity contribution in [2.45, 2.75) is 18.8 Å². The molecule has 0 aliphatic heterocycles. The lowest BCUT2D eigenvalue weighted by molar-refractivity contribution is -0.00302. The van der Waals surface area contributed by atoms with Crippen molar-refractivity contribution in [3.8, 4) is 23.0 Å². The van der Waals surface area contributed by atoms with E-state index in [9.17, 15) is 0 Å². The van der Waals surface area contributed by atoms with Crippen LogP contribution >= 0.6 is 0 Å². The van der Waals surface area contributed by atoms with E-state index in [2.05, 4.69) is 6.58 Å². The van der Waals surface area contributed by atoms with Gasteiger partial charge in [0.25, 0.3) is 0 Å². The number of benzene rings is 3. The maximum absolute atomic E-state index is 6.22. The summed E-state index contributed by atoms with van der Waals surface area (Å²) in [4.78, 5) is 0. The standard InChI is InChI=1S/C26H28O5/c1-4-25(30-23-14-10-21(27-2)11-15-23)26(19-29-18-20-8-6-5-7-9-20)31-24-16-12-22(28-3)13-17-24/h4-17,25-26H,1,18-19H2,2-3H3/t25-,26+/m0/s1. The minimum absolute atomic E-state index is 0.327. The van der Waals surface area contributed by atoms with Crippen molar-refractivity contribution in [1.29, 1.82) is 0 Å². The van der Waals surface area contributed by atoms with E-state index in [1.807, 2.05) is 78.9 Å². The van der Waals surface area contributed by atoms with E-state index in [0.29, 0.717) is 24.7 Å².